The van der Waals surface area contributed by atoms with Gasteiger partial charge >= 0.3 is 0 Å². The minimum atomic E-state index is 0. The number of hydrogen-bond acceptors (Lipinski definition) is 4. The summed E-state index contributed by atoms with van der Waals surface area (Å²) < 4.78 is 4.00. The third-order valence-electron chi connectivity index (χ3n) is 12.8. The number of aromatic nitrogens is 6. The number of benzene rings is 2. The second-order valence-electron chi connectivity index (χ2n) is 21.2. The minimum absolute atomic E-state index is 0. The predicted octanol–water partition coefficient (Wildman–Crippen LogP) is 7.06. The number of imidazole rings is 2. The second-order valence-corrected chi connectivity index (χ2v) is 21.2. The largest absolute Gasteiger partial charge is 0.446 e. The summed E-state index contributed by atoms with van der Waals surface area (Å²) in [6.07, 6.45) is 35.3. The Balaban J connectivity index is 0.000000688. The first-order valence-electron chi connectivity index (χ1n) is 36.9. The molecule has 0 unspecified atom stereocenters. The number of hydrogen-bond donors (Lipinski definition) is 0. The van der Waals surface area contributed by atoms with E-state index in [0.29, 0.717) is 0 Å². The topological polar surface area (TPSA) is 60.4 Å². The van der Waals surface area contributed by atoms with E-state index < -0.39 is 0 Å². The molecular formula is C132H23Ir3N6-3. The Labute approximate surface area is 865 Å². The molecule has 0 aliphatic heterocycles. The molecule has 611 valence electrons. The van der Waals surface area contributed by atoms with Crippen molar-refractivity contribution in [2.75, 3.05) is 0 Å². The maximum Gasteiger partial charge on any atom is 0.146 e. The molecule has 0 spiro atoms. The van der Waals surface area contributed by atoms with Gasteiger partial charge in [-0.1, -0.05) is 54.2 Å². The van der Waals surface area contributed by atoms with Crippen LogP contribution in [0.15, 0.2) is 91.6 Å². The van der Waals surface area contributed by atoms with Crippen molar-refractivity contribution in [2.24, 2.45) is 0 Å². The maximum absolute atomic E-state index is 6.56. The summed E-state index contributed by atoms with van der Waals surface area (Å²) in [5.74, 6) is 240. The molecule has 9 heteroatoms. The van der Waals surface area contributed by atoms with E-state index in [-0.39, 0.29) is 60.3 Å². The van der Waals surface area contributed by atoms with Crippen LogP contribution in [0.1, 0.15) is 11.1 Å². The smallest absolute Gasteiger partial charge is 0.146 e. The SMILES string of the molecule is Cc1cccc2c3cccnc3n3[c-]cnc3c12.Cc1cccc2c3cccnc3n3ccnc3c12.[C-]#CC#CC#CC#CC#CC#CC#CC#CC#CC#CC#CC#CC#CC#CC#CC#CC#CC#CC#CC#CC#CC#CC#CC#CC#C.[C-]#CC#CC#CC#CC#CC#CC#CC#CC#CC#CC#CC#CC#CC#CC#CC#CC#CC#CC#CC#CC#CC#CC#CC#CC#CC#C.[Ir].[Ir].[Ir]. The Morgan fingerprint density at radius 1 is 0.206 bits per heavy atom. The Hall–Kier alpha value is -25.3. The van der Waals surface area contributed by atoms with E-state index in [1.807, 2.05) is 47.0 Å². The zero-order chi connectivity index (χ0) is 97.5. The normalized spacial score (nSPS) is 5.77. The fourth-order valence-corrected chi connectivity index (χ4v) is 8.17. The van der Waals surface area contributed by atoms with Crippen LogP contribution >= 0.6 is 0 Å². The van der Waals surface area contributed by atoms with Crippen LogP contribution in [0.4, 0.5) is 0 Å². The van der Waals surface area contributed by atoms with Gasteiger partial charge in [-0.25, -0.2) is 21.8 Å². The summed E-state index contributed by atoms with van der Waals surface area (Å²) in [5, 5.41) is 7.11. The van der Waals surface area contributed by atoms with Gasteiger partial charge in [-0.15, -0.1) is 24.7 Å². The van der Waals surface area contributed by atoms with Gasteiger partial charge in [0.2, 0.25) is 0 Å². The molecular weight excluding hydrogens is 2250 g/mol. The quantitative estimate of drug-likeness (QED) is 0.0929. The fraction of sp³-hybridized carbons (Fsp3) is 0.0152. The Kier molecular flexibility index (Phi) is 64.7. The summed E-state index contributed by atoms with van der Waals surface area (Å²) in [4.78, 5) is 17.8. The monoisotopic (exact) mass is 2270 g/mol. The molecule has 6 aromatic heterocycles. The van der Waals surface area contributed by atoms with Crippen LogP contribution in [0.3, 0.4) is 0 Å². The van der Waals surface area contributed by atoms with E-state index in [9.17, 15) is 0 Å². The standard InChI is InChI=1S/C52H.C50H.C15H11N3.C15H10N3.3Ir/c1-3-5-7-9-11-13-15-17-19-21-23-25-27-29-31-33-35-37-39-41-43-45-47-49-51-52-50-48-46-44-42-40-38-36-34-32-30-28-26-24-22-20-18-16-14-12-10-8-6-4-2;1-3-5-7-9-11-13-15-17-19-21-23-25-27-29-31-33-35-37-39-41-43-45-47-49-50-48-46-44-42-40-38-36-34-32-30-28-26-24-22-20-18-16-14-12-10-8-6-4-2;2*1-10-4-2-5-11-12-6-3-7-16-14(12)18-9-8-17-15(18)13(10)11;;;/h1H;1H;2-9H,1H3;2-8H,1H3;;;/q2*-1;;-1;;;. The van der Waals surface area contributed by atoms with Gasteiger partial charge in [0.1, 0.15) is 11.3 Å². The van der Waals surface area contributed by atoms with Gasteiger partial charge in [-0.05, 0) is 255 Å². The molecule has 0 amide bonds. The Morgan fingerprint density at radius 3 is 0.610 bits per heavy atom. The average molecular weight is 2270 g/mol. The average Bonchev–Trinajstić information content (AvgIpc) is 1.13. The molecule has 2 aromatic carbocycles. The van der Waals surface area contributed by atoms with Crippen LogP contribution in [-0.2, 0) is 60.3 Å². The van der Waals surface area contributed by atoms with Gasteiger partial charge in [0.15, 0.2) is 0 Å². The van der Waals surface area contributed by atoms with Crippen LogP contribution < -0.4 is 0 Å². The van der Waals surface area contributed by atoms with Crippen molar-refractivity contribution < 1.29 is 60.3 Å². The van der Waals surface area contributed by atoms with Crippen LogP contribution in [0, 0.1) is 626 Å². The molecule has 141 heavy (non-hydrogen) atoms. The third kappa shape index (κ3) is 53.7. The van der Waals surface area contributed by atoms with Crippen LogP contribution in [0.2, 0.25) is 0 Å². The molecule has 0 atom stereocenters. The molecule has 6 nitrogen and oxygen atoms in total. The molecule has 0 bridgehead atoms. The van der Waals surface area contributed by atoms with Gasteiger partial charge in [-0.2, -0.15) is 0 Å². The van der Waals surface area contributed by atoms with E-state index in [2.05, 4.69) is 661 Å². The first kappa shape index (κ1) is 112. The zero-order valence-corrected chi connectivity index (χ0v) is 79.2. The van der Waals surface area contributed by atoms with Crippen LogP contribution in [-0.4, -0.2) is 28.7 Å². The number of terminal acetylenes is 2. The summed E-state index contributed by atoms with van der Waals surface area (Å²) in [7, 11) is 0. The van der Waals surface area contributed by atoms with Gasteiger partial charge < -0.3 is 27.2 Å². The van der Waals surface area contributed by atoms with E-state index in [0.717, 1.165) is 28.0 Å². The number of rotatable bonds is 0. The summed E-state index contributed by atoms with van der Waals surface area (Å²) in [5.41, 5.74) is 6.24. The van der Waals surface area contributed by atoms with E-state index in [4.69, 9.17) is 25.7 Å². The molecule has 0 fully saturated rings. The van der Waals surface area contributed by atoms with Crippen molar-refractivity contribution in [3.05, 3.63) is 122 Å². The van der Waals surface area contributed by atoms with Gasteiger partial charge in [-0.3, -0.25) is 16.2 Å². The minimum Gasteiger partial charge on any atom is -0.446 e. The van der Waals surface area contributed by atoms with Gasteiger partial charge in [0, 0.05) is 462 Å². The van der Waals surface area contributed by atoms with Crippen molar-refractivity contribution in [3.8, 4) is 593 Å². The van der Waals surface area contributed by atoms with Crippen molar-refractivity contribution in [3.63, 3.8) is 0 Å². The number of nitrogens with zero attached hydrogens (tertiary/aromatic N) is 6. The van der Waals surface area contributed by atoms with E-state index in [1.165, 1.54) is 38.1 Å². The summed E-state index contributed by atoms with van der Waals surface area (Å²) in [6.45, 7) is 4.23. The molecule has 0 saturated carbocycles. The van der Waals surface area contributed by atoms with Gasteiger partial charge in [0.05, 0.1) is 0 Å². The summed E-state index contributed by atoms with van der Waals surface area (Å²) >= 11 is 0. The molecule has 0 aliphatic rings. The zero-order valence-electron chi connectivity index (χ0n) is 72.0. The maximum atomic E-state index is 6.56. The van der Waals surface area contributed by atoms with E-state index in [1.54, 1.807) is 12.4 Å². The Morgan fingerprint density at radius 2 is 0.390 bits per heavy atom. The molecule has 6 heterocycles. The number of fused-ring (bicyclic) bond motifs is 12. The van der Waals surface area contributed by atoms with Gasteiger partial charge in [0.25, 0.3) is 0 Å². The molecule has 8 rings (SSSR count). The first-order chi connectivity index (χ1) is 68.5. The molecule has 0 N–H and O–H groups in total. The Bertz CT molecular complexity index is 9660. The van der Waals surface area contributed by atoms with Crippen LogP contribution in [0.25, 0.3) is 54.9 Å². The molecule has 8 aromatic rings. The molecule has 3 radical (unpaired) electrons. The predicted molar refractivity (Wildman–Crippen MR) is 542 cm³/mol. The second kappa shape index (κ2) is 81.7. The number of pyridine rings is 4. The summed E-state index contributed by atoms with van der Waals surface area (Å²) in [6, 6.07) is 20.8. The first-order valence-corrected chi connectivity index (χ1v) is 36.9. The van der Waals surface area contributed by atoms with Crippen molar-refractivity contribution in [2.45, 2.75) is 13.8 Å². The van der Waals surface area contributed by atoms with Crippen molar-refractivity contribution >= 4 is 54.9 Å². The molecule has 0 saturated heterocycles. The fourth-order valence-electron chi connectivity index (χ4n) is 8.17. The third-order valence-corrected chi connectivity index (χ3v) is 12.8. The van der Waals surface area contributed by atoms with Crippen molar-refractivity contribution in [1.82, 2.24) is 28.7 Å². The van der Waals surface area contributed by atoms with E-state index >= 15 is 0 Å². The van der Waals surface area contributed by atoms with Crippen LogP contribution in [0.5, 0.6) is 0 Å². The van der Waals surface area contributed by atoms with Crippen molar-refractivity contribution in [1.29, 1.82) is 0 Å². The number of aryl methyl sites for hydroxylation is 2. The molecule has 0 aliphatic carbocycles.